The molecule has 0 saturated carbocycles. The maximum Gasteiger partial charge on any atom is 0.267 e. The molecule has 1 atom stereocenters. The maximum atomic E-state index is 13.1. The number of anilines is 1. The summed E-state index contributed by atoms with van der Waals surface area (Å²) in [5, 5.41) is 4.15. The fourth-order valence-electron chi connectivity index (χ4n) is 3.75. The number of carbonyl (C=O) groups is 1. The highest BCUT2D eigenvalue weighted by atomic mass is 19.1. The van der Waals surface area contributed by atoms with Crippen molar-refractivity contribution >= 4 is 17.3 Å². The van der Waals surface area contributed by atoms with Crippen LogP contribution in [0.1, 0.15) is 12.0 Å². The molecule has 2 aliphatic heterocycles. The van der Waals surface area contributed by atoms with E-state index >= 15 is 0 Å². The van der Waals surface area contributed by atoms with Crippen molar-refractivity contribution in [1.82, 2.24) is 4.90 Å². The molecule has 1 saturated heterocycles. The molecule has 0 aromatic heterocycles. The van der Waals surface area contributed by atoms with Gasteiger partial charge in [-0.25, -0.2) is 4.39 Å². The SMILES string of the molecule is COc1ccc(OC)c(C2=NO[C@H](C(=O)N3CCN(c4ccc(F)cc4)CC3)C2)c1. The van der Waals surface area contributed by atoms with E-state index in [1.54, 1.807) is 37.3 Å². The molecule has 7 nitrogen and oxygen atoms in total. The lowest BCUT2D eigenvalue weighted by molar-refractivity contribution is -0.142. The minimum atomic E-state index is -0.645. The van der Waals surface area contributed by atoms with Crippen molar-refractivity contribution in [2.45, 2.75) is 12.5 Å². The van der Waals surface area contributed by atoms with Crippen molar-refractivity contribution in [2.24, 2.45) is 5.16 Å². The van der Waals surface area contributed by atoms with Gasteiger partial charge in [0.15, 0.2) is 0 Å². The molecule has 2 aromatic carbocycles. The standard InChI is InChI=1S/C22H24FN3O4/c1-28-17-7-8-20(29-2)18(13-17)19-14-21(30-24-19)22(27)26-11-9-25(10-12-26)16-5-3-15(23)4-6-16/h3-8,13,21H,9-12,14H2,1-2H3/t21-/m0/s1. The number of ether oxygens (including phenoxy) is 2. The van der Waals surface area contributed by atoms with Crippen LogP contribution in [0.4, 0.5) is 10.1 Å². The van der Waals surface area contributed by atoms with Gasteiger partial charge in [-0.15, -0.1) is 0 Å². The zero-order valence-corrected chi connectivity index (χ0v) is 17.0. The van der Waals surface area contributed by atoms with Gasteiger partial charge in [0, 0.05) is 43.9 Å². The van der Waals surface area contributed by atoms with Crippen molar-refractivity contribution in [3.05, 3.63) is 53.8 Å². The molecule has 0 bridgehead atoms. The normalized spacial score (nSPS) is 18.6. The van der Waals surface area contributed by atoms with E-state index in [4.69, 9.17) is 14.3 Å². The van der Waals surface area contributed by atoms with Gasteiger partial charge in [-0.05, 0) is 42.5 Å². The van der Waals surface area contributed by atoms with Crippen LogP contribution in [0.25, 0.3) is 0 Å². The Morgan fingerprint density at radius 3 is 2.47 bits per heavy atom. The van der Waals surface area contributed by atoms with Gasteiger partial charge in [-0.3, -0.25) is 4.79 Å². The highest BCUT2D eigenvalue weighted by Crippen LogP contribution is 2.29. The lowest BCUT2D eigenvalue weighted by Crippen LogP contribution is -2.51. The Bertz CT molecular complexity index is 940. The molecule has 2 heterocycles. The number of nitrogens with zero attached hydrogens (tertiary/aromatic N) is 3. The number of benzene rings is 2. The van der Waals surface area contributed by atoms with E-state index < -0.39 is 6.10 Å². The van der Waals surface area contributed by atoms with E-state index in [1.165, 1.54) is 12.1 Å². The van der Waals surface area contributed by atoms with Crippen molar-refractivity contribution in [2.75, 3.05) is 45.3 Å². The summed E-state index contributed by atoms with van der Waals surface area (Å²) in [6.07, 6.45) is -0.270. The fourth-order valence-corrected chi connectivity index (χ4v) is 3.75. The molecule has 2 aliphatic rings. The number of methoxy groups -OCH3 is 2. The highest BCUT2D eigenvalue weighted by molar-refractivity contribution is 6.06. The summed E-state index contributed by atoms with van der Waals surface area (Å²) in [6.45, 7) is 2.52. The Kier molecular flexibility index (Phi) is 5.74. The summed E-state index contributed by atoms with van der Waals surface area (Å²) in [4.78, 5) is 22.4. The first kappa shape index (κ1) is 20.0. The lowest BCUT2D eigenvalue weighted by Gasteiger charge is -2.36. The van der Waals surface area contributed by atoms with Crippen LogP contribution in [0, 0.1) is 5.82 Å². The summed E-state index contributed by atoms with van der Waals surface area (Å²) in [5.74, 6) is 1.00. The Morgan fingerprint density at radius 1 is 1.07 bits per heavy atom. The number of oxime groups is 1. The van der Waals surface area contributed by atoms with E-state index in [1.807, 2.05) is 12.1 Å². The minimum absolute atomic E-state index is 0.0747. The van der Waals surface area contributed by atoms with Crippen molar-refractivity contribution in [3.63, 3.8) is 0 Å². The average molecular weight is 413 g/mol. The molecule has 30 heavy (non-hydrogen) atoms. The Morgan fingerprint density at radius 2 is 1.80 bits per heavy atom. The van der Waals surface area contributed by atoms with Gasteiger partial charge in [0.2, 0.25) is 6.10 Å². The average Bonchev–Trinajstić information content (AvgIpc) is 3.29. The molecule has 0 radical (unpaired) electrons. The second kappa shape index (κ2) is 8.61. The molecule has 8 heteroatoms. The molecular formula is C22H24FN3O4. The number of hydrogen-bond donors (Lipinski definition) is 0. The smallest absolute Gasteiger partial charge is 0.267 e. The fraction of sp³-hybridized carbons (Fsp3) is 0.364. The van der Waals surface area contributed by atoms with Crippen molar-refractivity contribution < 1.29 is 23.5 Å². The van der Waals surface area contributed by atoms with Gasteiger partial charge in [0.05, 0.1) is 19.9 Å². The van der Waals surface area contributed by atoms with Gasteiger partial charge in [-0.2, -0.15) is 0 Å². The van der Waals surface area contributed by atoms with Crippen LogP contribution < -0.4 is 14.4 Å². The molecule has 2 aromatic rings. The first-order chi connectivity index (χ1) is 14.6. The van der Waals surface area contributed by atoms with E-state index in [0.717, 1.165) is 11.3 Å². The van der Waals surface area contributed by atoms with Gasteiger partial charge in [0.25, 0.3) is 5.91 Å². The largest absolute Gasteiger partial charge is 0.497 e. The molecule has 158 valence electrons. The molecule has 0 N–H and O–H groups in total. The summed E-state index contributed by atoms with van der Waals surface area (Å²) in [5.41, 5.74) is 2.37. The minimum Gasteiger partial charge on any atom is -0.497 e. The Hall–Kier alpha value is -3.29. The van der Waals surface area contributed by atoms with E-state index in [2.05, 4.69) is 10.1 Å². The lowest BCUT2D eigenvalue weighted by atomic mass is 10.0. The zero-order valence-electron chi connectivity index (χ0n) is 17.0. The number of piperazine rings is 1. The van der Waals surface area contributed by atoms with Gasteiger partial charge >= 0.3 is 0 Å². The van der Waals surface area contributed by atoms with E-state index in [9.17, 15) is 9.18 Å². The van der Waals surface area contributed by atoms with E-state index in [-0.39, 0.29) is 11.7 Å². The molecule has 0 aliphatic carbocycles. The predicted molar refractivity (Wildman–Crippen MR) is 111 cm³/mol. The van der Waals surface area contributed by atoms with Crippen LogP contribution in [0.2, 0.25) is 0 Å². The maximum absolute atomic E-state index is 13.1. The number of hydrogen-bond acceptors (Lipinski definition) is 6. The zero-order chi connectivity index (χ0) is 21.1. The summed E-state index contributed by atoms with van der Waals surface area (Å²) < 4.78 is 23.8. The third-order valence-corrected chi connectivity index (χ3v) is 5.44. The van der Waals surface area contributed by atoms with E-state index in [0.29, 0.717) is 49.8 Å². The molecule has 1 amide bonds. The third kappa shape index (κ3) is 4.03. The Labute approximate surface area is 174 Å². The van der Waals surface area contributed by atoms with Gasteiger partial charge < -0.3 is 24.1 Å². The van der Waals surface area contributed by atoms with Crippen molar-refractivity contribution in [3.8, 4) is 11.5 Å². The highest BCUT2D eigenvalue weighted by Gasteiger charge is 2.34. The Balaban J connectivity index is 1.37. The number of halogens is 1. The molecule has 0 spiro atoms. The van der Waals surface area contributed by atoms with Crippen LogP contribution in [0.5, 0.6) is 11.5 Å². The number of carbonyl (C=O) groups excluding carboxylic acids is 1. The molecule has 1 fully saturated rings. The first-order valence-corrected chi connectivity index (χ1v) is 9.83. The summed E-state index contributed by atoms with van der Waals surface area (Å²) >= 11 is 0. The molecular weight excluding hydrogens is 389 g/mol. The third-order valence-electron chi connectivity index (χ3n) is 5.44. The molecule has 4 rings (SSSR count). The predicted octanol–water partition coefficient (Wildman–Crippen LogP) is 2.68. The second-order valence-electron chi connectivity index (χ2n) is 7.19. The van der Waals surface area contributed by atoms with Crippen LogP contribution in [-0.2, 0) is 9.63 Å². The van der Waals surface area contributed by atoms with Crippen molar-refractivity contribution in [1.29, 1.82) is 0 Å². The topological polar surface area (TPSA) is 63.6 Å². The summed E-state index contributed by atoms with van der Waals surface area (Å²) in [7, 11) is 3.18. The van der Waals surface area contributed by atoms with Crippen LogP contribution in [0.15, 0.2) is 47.6 Å². The van der Waals surface area contributed by atoms with Gasteiger partial charge in [-0.1, -0.05) is 5.16 Å². The first-order valence-electron chi connectivity index (χ1n) is 9.83. The monoisotopic (exact) mass is 413 g/mol. The molecule has 0 unspecified atom stereocenters. The van der Waals surface area contributed by atoms with Crippen LogP contribution >= 0.6 is 0 Å². The second-order valence-corrected chi connectivity index (χ2v) is 7.19. The van der Waals surface area contributed by atoms with Crippen LogP contribution in [-0.4, -0.2) is 63.0 Å². The van der Waals surface area contributed by atoms with Crippen LogP contribution in [0.3, 0.4) is 0 Å². The number of amides is 1. The number of rotatable bonds is 5. The summed E-state index contributed by atoms with van der Waals surface area (Å²) in [6, 6.07) is 11.9. The van der Waals surface area contributed by atoms with Gasteiger partial charge in [0.1, 0.15) is 17.3 Å². The quantitative estimate of drug-likeness (QED) is 0.754.